The van der Waals surface area contributed by atoms with Gasteiger partial charge in [0, 0.05) is 23.8 Å². The molecule has 1 aliphatic heterocycles. The number of nitrogen functional groups attached to an aromatic ring is 1. The summed E-state index contributed by atoms with van der Waals surface area (Å²) in [5.41, 5.74) is 6.84. The van der Waals surface area contributed by atoms with Crippen LogP contribution >= 0.6 is 24.0 Å². The number of carbonyl (C=O) groups is 1. The highest BCUT2D eigenvalue weighted by atomic mass is 35.5. The van der Waals surface area contributed by atoms with E-state index in [9.17, 15) is 4.79 Å². The van der Waals surface area contributed by atoms with Gasteiger partial charge in [-0.15, -0.1) is 12.4 Å². The average Bonchev–Trinajstić information content (AvgIpc) is 2.41. The Morgan fingerprint density at radius 3 is 2.60 bits per heavy atom. The highest BCUT2D eigenvalue weighted by Gasteiger charge is 2.25. The summed E-state index contributed by atoms with van der Waals surface area (Å²) in [6.07, 6.45) is 2.00. The zero-order valence-corrected chi connectivity index (χ0v) is 13.4. The molecule has 1 saturated heterocycles. The van der Waals surface area contributed by atoms with Crippen molar-refractivity contribution >= 4 is 35.6 Å². The number of anilines is 1. The van der Waals surface area contributed by atoms with Crippen molar-refractivity contribution < 1.29 is 4.79 Å². The van der Waals surface area contributed by atoms with Gasteiger partial charge in [-0.3, -0.25) is 4.79 Å². The van der Waals surface area contributed by atoms with Gasteiger partial charge in [-0.25, -0.2) is 0 Å². The summed E-state index contributed by atoms with van der Waals surface area (Å²) in [5.74, 6) is -0.0467. The van der Waals surface area contributed by atoms with Gasteiger partial charge >= 0.3 is 0 Å². The molecule has 1 aliphatic rings. The molecular formula is C14H21Cl2N3O. The van der Waals surface area contributed by atoms with E-state index in [2.05, 4.69) is 11.9 Å². The first-order chi connectivity index (χ1) is 8.99. The van der Waals surface area contributed by atoms with Gasteiger partial charge in [-0.05, 0) is 51.2 Å². The maximum atomic E-state index is 12.5. The third kappa shape index (κ3) is 3.78. The number of nitrogens with two attached hydrogens (primary N) is 1. The summed E-state index contributed by atoms with van der Waals surface area (Å²) >= 11 is 5.94. The van der Waals surface area contributed by atoms with Gasteiger partial charge in [-0.1, -0.05) is 11.6 Å². The summed E-state index contributed by atoms with van der Waals surface area (Å²) in [5, 5.41) is 0.536. The number of nitrogens with zero attached hydrogens (tertiary/aromatic N) is 2. The fourth-order valence-corrected chi connectivity index (χ4v) is 2.62. The summed E-state index contributed by atoms with van der Waals surface area (Å²) in [4.78, 5) is 16.6. The van der Waals surface area contributed by atoms with Crippen molar-refractivity contribution in [2.24, 2.45) is 0 Å². The Morgan fingerprint density at radius 2 is 2.00 bits per heavy atom. The molecule has 0 bridgehead atoms. The van der Waals surface area contributed by atoms with Crippen LogP contribution in [-0.4, -0.2) is 48.9 Å². The molecule has 1 aromatic rings. The second kappa shape index (κ2) is 7.16. The summed E-state index contributed by atoms with van der Waals surface area (Å²) in [6, 6.07) is 5.30. The number of hydrogen-bond acceptors (Lipinski definition) is 3. The largest absolute Gasteiger partial charge is 0.398 e. The smallest absolute Gasteiger partial charge is 0.255 e. The minimum absolute atomic E-state index is 0. The third-order valence-electron chi connectivity index (χ3n) is 3.80. The van der Waals surface area contributed by atoms with Crippen LogP contribution in [0, 0.1) is 0 Å². The lowest BCUT2D eigenvalue weighted by Gasteiger charge is -2.35. The van der Waals surface area contributed by atoms with E-state index in [1.165, 1.54) is 0 Å². The van der Waals surface area contributed by atoms with Crippen LogP contribution in [0.1, 0.15) is 23.2 Å². The lowest BCUT2D eigenvalue weighted by atomic mass is 10.0. The van der Waals surface area contributed by atoms with Crippen LogP contribution in [0.3, 0.4) is 0 Å². The van der Waals surface area contributed by atoms with Crippen molar-refractivity contribution in [2.75, 3.05) is 32.9 Å². The molecule has 2 rings (SSSR count). The van der Waals surface area contributed by atoms with Gasteiger partial charge in [0.15, 0.2) is 0 Å². The fraction of sp³-hybridized carbons (Fsp3) is 0.500. The molecule has 4 nitrogen and oxygen atoms in total. The summed E-state index contributed by atoms with van der Waals surface area (Å²) in [7, 11) is 3.95. The van der Waals surface area contributed by atoms with E-state index in [0.717, 1.165) is 25.9 Å². The zero-order chi connectivity index (χ0) is 14.0. The molecule has 0 spiro atoms. The first-order valence-corrected chi connectivity index (χ1v) is 6.87. The number of hydrogen-bond donors (Lipinski definition) is 1. The van der Waals surface area contributed by atoms with E-state index in [1.807, 2.05) is 7.05 Å². The van der Waals surface area contributed by atoms with Crippen molar-refractivity contribution in [1.82, 2.24) is 9.80 Å². The molecule has 112 valence electrons. The molecular weight excluding hydrogens is 297 g/mol. The Kier molecular flexibility index (Phi) is 6.11. The molecule has 1 amide bonds. The zero-order valence-electron chi connectivity index (χ0n) is 11.8. The van der Waals surface area contributed by atoms with Crippen LogP contribution in [0.25, 0.3) is 0 Å². The Labute approximate surface area is 131 Å². The predicted octanol–water partition coefficient (Wildman–Crippen LogP) is 2.51. The molecule has 0 aliphatic carbocycles. The number of amides is 1. The number of piperidine rings is 1. The van der Waals surface area contributed by atoms with Crippen molar-refractivity contribution in [3.8, 4) is 0 Å². The Bertz CT molecular complexity index is 473. The number of carbonyl (C=O) groups excluding carboxylic acids is 1. The van der Waals surface area contributed by atoms with E-state index in [4.69, 9.17) is 17.3 Å². The predicted molar refractivity (Wildman–Crippen MR) is 85.7 cm³/mol. The van der Waals surface area contributed by atoms with Gasteiger partial charge in [0.1, 0.15) is 0 Å². The number of halogens is 2. The number of benzene rings is 1. The first-order valence-electron chi connectivity index (χ1n) is 6.50. The highest BCUT2D eigenvalue weighted by molar-refractivity contribution is 6.31. The van der Waals surface area contributed by atoms with E-state index in [1.54, 1.807) is 23.1 Å². The Morgan fingerprint density at radius 1 is 1.40 bits per heavy atom. The molecule has 0 aromatic heterocycles. The quantitative estimate of drug-likeness (QED) is 0.853. The van der Waals surface area contributed by atoms with Crippen molar-refractivity contribution in [1.29, 1.82) is 0 Å². The van der Waals surface area contributed by atoms with Gasteiger partial charge in [0.25, 0.3) is 5.91 Å². The molecule has 0 atom stereocenters. The highest BCUT2D eigenvalue weighted by Crippen LogP contribution is 2.22. The van der Waals surface area contributed by atoms with Gasteiger partial charge in [0.2, 0.25) is 0 Å². The molecule has 2 N–H and O–H groups in total. The van der Waals surface area contributed by atoms with E-state index < -0.39 is 0 Å². The van der Waals surface area contributed by atoms with Crippen LogP contribution in [0.4, 0.5) is 5.69 Å². The fourth-order valence-electron chi connectivity index (χ4n) is 2.45. The molecule has 1 heterocycles. The van der Waals surface area contributed by atoms with E-state index in [0.29, 0.717) is 16.3 Å². The van der Waals surface area contributed by atoms with Crippen LogP contribution in [0.5, 0.6) is 0 Å². The van der Waals surface area contributed by atoms with E-state index >= 15 is 0 Å². The van der Waals surface area contributed by atoms with Crippen molar-refractivity contribution in [2.45, 2.75) is 18.9 Å². The molecule has 1 aromatic carbocycles. The Hall–Kier alpha value is -0.970. The second-order valence-electron chi connectivity index (χ2n) is 5.18. The number of likely N-dealkylation sites (tertiary alicyclic amines) is 1. The molecule has 1 fully saturated rings. The summed E-state index contributed by atoms with van der Waals surface area (Å²) in [6.45, 7) is 2.04. The summed E-state index contributed by atoms with van der Waals surface area (Å²) < 4.78 is 0. The molecule has 0 saturated carbocycles. The first kappa shape index (κ1) is 17.1. The lowest BCUT2D eigenvalue weighted by molar-refractivity contribution is 0.0660. The normalized spacial score (nSPS) is 16.6. The monoisotopic (exact) mass is 317 g/mol. The van der Waals surface area contributed by atoms with Crippen LogP contribution in [0.2, 0.25) is 5.02 Å². The third-order valence-corrected chi connectivity index (χ3v) is 4.04. The molecule has 0 unspecified atom stereocenters. The van der Waals surface area contributed by atoms with E-state index in [-0.39, 0.29) is 24.4 Å². The maximum Gasteiger partial charge on any atom is 0.255 e. The molecule has 0 radical (unpaired) electrons. The van der Waals surface area contributed by atoms with Crippen LogP contribution in [0.15, 0.2) is 18.2 Å². The molecule has 6 heteroatoms. The minimum atomic E-state index is -0.0467. The maximum absolute atomic E-state index is 12.5. The number of rotatable bonds is 2. The topological polar surface area (TPSA) is 49.6 Å². The average molecular weight is 318 g/mol. The van der Waals surface area contributed by atoms with Gasteiger partial charge in [-0.2, -0.15) is 0 Å². The van der Waals surface area contributed by atoms with Gasteiger partial charge < -0.3 is 15.5 Å². The van der Waals surface area contributed by atoms with Crippen molar-refractivity contribution in [3.63, 3.8) is 0 Å². The van der Waals surface area contributed by atoms with Gasteiger partial charge in [0.05, 0.1) is 5.56 Å². The lowest BCUT2D eigenvalue weighted by Crippen LogP contribution is -2.44. The minimum Gasteiger partial charge on any atom is -0.398 e. The van der Waals surface area contributed by atoms with Crippen molar-refractivity contribution in [3.05, 3.63) is 28.8 Å². The molecule has 20 heavy (non-hydrogen) atoms. The van der Waals surface area contributed by atoms with Crippen LogP contribution < -0.4 is 5.73 Å². The SMILES string of the molecule is CN1CCC(N(C)C(=O)c2cc(Cl)ccc2N)CC1.Cl. The standard InChI is InChI=1S/C14H20ClN3O.ClH/c1-17-7-5-11(6-8-17)18(2)14(19)12-9-10(15)3-4-13(12)16;/h3-4,9,11H,5-8,16H2,1-2H3;1H. The Balaban J connectivity index is 0.00000200. The second-order valence-corrected chi connectivity index (χ2v) is 5.62. The van der Waals surface area contributed by atoms with Crippen LogP contribution in [-0.2, 0) is 0 Å².